The molecule has 0 radical (unpaired) electrons. The number of piperidine rings is 1. The van der Waals surface area contributed by atoms with Gasteiger partial charge in [-0.1, -0.05) is 48.4 Å². The van der Waals surface area contributed by atoms with Crippen molar-refractivity contribution in [3.05, 3.63) is 105 Å². The fraction of sp³-hybridized carbons (Fsp3) is 0.467. The van der Waals surface area contributed by atoms with Gasteiger partial charge in [0.1, 0.15) is 36.5 Å². The maximum absolute atomic E-state index is 9.35. The minimum Gasteiger partial charge on any atom is -0.493 e. The van der Waals surface area contributed by atoms with E-state index >= 15 is 0 Å². The maximum atomic E-state index is 9.35. The third-order valence-electron chi connectivity index (χ3n) is 11.6. The molecule has 1 spiro atoms. The number of pyridine rings is 1. The fourth-order valence-corrected chi connectivity index (χ4v) is 8.58. The lowest BCUT2D eigenvalue weighted by atomic mass is 9.80. The van der Waals surface area contributed by atoms with Crippen molar-refractivity contribution in [2.75, 3.05) is 52.5 Å². The largest absolute Gasteiger partial charge is 0.493 e. The predicted molar refractivity (Wildman–Crippen MR) is 213 cm³/mol. The Morgan fingerprint density at radius 3 is 2.39 bits per heavy atom. The van der Waals surface area contributed by atoms with Crippen molar-refractivity contribution < 1.29 is 18.9 Å². The molecule has 7 rings (SSSR count). The van der Waals surface area contributed by atoms with E-state index in [1.165, 1.54) is 57.2 Å². The number of nitriles is 1. The van der Waals surface area contributed by atoms with E-state index in [1.54, 1.807) is 18.5 Å². The maximum Gasteiger partial charge on any atom is 0.142 e. The molecule has 3 aliphatic heterocycles. The van der Waals surface area contributed by atoms with Crippen LogP contribution in [0.25, 0.3) is 11.1 Å². The van der Waals surface area contributed by atoms with Gasteiger partial charge in [0.25, 0.3) is 0 Å². The van der Waals surface area contributed by atoms with E-state index < -0.39 is 0 Å². The topological polar surface area (TPSA) is 80.1 Å². The van der Waals surface area contributed by atoms with Crippen molar-refractivity contribution in [2.45, 2.75) is 78.6 Å². The highest BCUT2D eigenvalue weighted by Gasteiger charge is 2.38. The van der Waals surface area contributed by atoms with Crippen LogP contribution in [0.2, 0.25) is 5.02 Å². The highest BCUT2D eigenvalue weighted by molar-refractivity contribution is 6.32. The summed E-state index contributed by atoms with van der Waals surface area (Å²) in [5.74, 6) is 2.24. The van der Waals surface area contributed by atoms with E-state index in [1.807, 2.05) is 12.1 Å². The number of nitrogens with zero attached hydrogens (tertiary/aromatic N) is 4. The molecule has 4 heterocycles. The van der Waals surface area contributed by atoms with E-state index in [0.29, 0.717) is 35.0 Å². The predicted octanol–water partition coefficient (Wildman–Crippen LogP) is 9.31. The van der Waals surface area contributed by atoms with Gasteiger partial charge in [-0.15, -0.1) is 0 Å². The van der Waals surface area contributed by atoms with Crippen molar-refractivity contribution in [2.24, 2.45) is 5.41 Å². The Morgan fingerprint density at radius 2 is 1.57 bits per heavy atom. The second kappa shape index (κ2) is 18.0. The Hall–Kier alpha value is -4.13. The van der Waals surface area contributed by atoms with Crippen molar-refractivity contribution in [1.82, 2.24) is 14.8 Å². The number of hydrogen-bond acceptors (Lipinski definition) is 8. The molecule has 0 aliphatic carbocycles. The van der Waals surface area contributed by atoms with Gasteiger partial charge in [0.15, 0.2) is 0 Å². The summed E-state index contributed by atoms with van der Waals surface area (Å²) in [6, 6.07) is 20.6. The summed E-state index contributed by atoms with van der Waals surface area (Å²) in [7, 11) is 0. The zero-order chi connectivity index (χ0) is 37.3. The number of benzene rings is 3. The van der Waals surface area contributed by atoms with Gasteiger partial charge in [-0.05, 0) is 123 Å². The molecule has 3 saturated heterocycles. The van der Waals surface area contributed by atoms with Crippen LogP contribution in [0, 0.1) is 30.6 Å². The van der Waals surface area contributed by atoms with Gasteiger partial charge >= 0.3 is 0 Å². The van der Waals surface area contributed by atoms with E-state index in [0.717, 1.165) is 90.7 Å². The second-order valence-electron chi connectivity index (χ2n) is 15.4. The Morgan fingerprint density at radius 1 is 0.796 bits per heavy atom. The minimum atomic E-state index is 0.287. The molecule has 3 aliphatic rings. The molecule has 284 valence electrons. The molecular formula is C45H53ClN4O4. The number of aromatic nitrogens is 1. The minimum absolute atomic E-state index is 0.287. The van der Waals surface area contributed by atoms with Crippen molar-refractivity contribution in [1.29, 1.82) is 5.26 Å². The first kappa shape index (κ1) is 38.2. The van der Waals surface area contributed by atoms with Crippen molar-refractivity contribution in [3.8, 4) is 34.4 Å². The SMILES string of the molecule is Cc1c(COc2cc(OCc3cncc(C#N)c3)c(CN3CCCCC3)cc2Cl)cccc1-c1cccc(OCCCN2CCC3(CCOCC3)C2)c1C. The summed E-state index contributed by atoms with van der Waals surface area (Å²) in [4.78, 5) is 9.27. The van der Waals surface area contributed by atoms with Crippen molar-refractivity contribution >= 4 is 11.6 Å². The van der Waals surface area contributed by atoms with Gasteiger partial charge in [0, 0.05) is 62.4 Å². The van der Waals surface area contributed by atoms with Crippen LogP contribution in [-0.2, 0) is 24.5 Å². The Labute approximate surface area is 326 Å². The van der Waals surface area contributed by atoms with Gasteiger partial charge < -0.3 is 23.8 Å². The summed E-state index contributed by atoms with van der Waals surface area (Å²) < 4.78 is 24.9. The number of rotatable bonds is 14. The standard InChI is InChI=1S/C45H53ClN4O4/c1-33-37(9-6-10-39(33)40-11-7-12-42(34(40)2)52-20-8-18-50-19-13-45(32-50)14-21-51-22-15-45)31-54-44-25-43(53-30-36-23-35(26-47)27-48-28-36)38(24-41(44)46)29-49-16-4-3-5-17-49/h6-7,9-12,23-25,27-28H,3-5,8,13-22,29-32H2,1-2H3. The molecule has 3 aromatic carbocycles. The number of halogens is 1. The van der Waals surface area contributed by atoms with Gasteiger partial charge in [0.2, 0.25) is 0 Å². The molecule has 4 aromatic rings. The van der Waals surface area contributed by atoms with Gasteiger partial charge in [0.05, 0.1) is 17.2 Å². The van der Waals surface area contributed by atoms with Crippen LogP contribution >= 0.6 is 11.6 Å². The molecule has 1 aromatic heterocycles. The van der Waals surface area contributed by atoms with Crippen LogP contribution in [0.4, 0.5) is 0 Å². The summed E-state index contributed by atoms with van der Waals surface area (Å²) in [5.41, 5.74) is 8.56. The second-order valence-corrected chi connectivity index (χ2v) is 15.8. The zero-order valence-corrected chi connectivity index (χ0v) is 32.6. The molecule has 0 bridgehead atoms. The molecule has 0 unspecified atom stereocenters. The molecule has 0 saturated carbocycles. The first-order chi connectivity index (χ1) is 26.4. The average Bonchev–Trinajstić information content (AvgIpc) is 3.58. The molecule has 9 heteroatoms. The molecule has 0 N–H and O–H groups in total. The molecular weight excluding hydrogens is 696 g/mol. The van der Waals surface area contributed by atoms with Gasteiger partial charge in [-0.2, -0.15) is 5.26 Å². The van der Waals surface area contributed by atoms with E-state index in [4.69, 9.17) is 30.5 Å². The lowest BCUT2D eigenvalue weighted by Crippen LogP contribution is -2.33. The highest BCUT2D eigenvalue weighted by atomic mass is 35.5. The molecule has 0 amide bonds. The number of hydrogen-bond donors (Lipinski definition) is 0. The Bertz CT molecular complexity index is 1930. The summed E-state index contributed by atoms with van der Waals surface area (Å²) in [6.07, 6.45) is 11.7. The Balaban J connectivity index is 1.01. The molecule has 8 nitrogen and oxygen atoms in total. The van der Waals surface area contributed by atoms with E-state index in [2.05, 4.69) is 71.1 Å². The Kier molecular flexibility index (Phi) is 12.7. The van der Waals surface area contributed by atoms with Crippen LogP contribution in [-0.4, -0.2) is 67.3 Å². The fourth-order valence-electron chi connectivity index (χ4n) is 8.34. The third kappa shape index (κ3) is 9.38. The summed E-state index contributed by atoms with van der Waals surface area (Å²) in [6.45, 7) is 13.8. The van der Waals surface area contributed by atoms with Crippen LogP contribution in [0.3, 0.4) is 0 Å². The van der Waals surface area contributed by atoms with Gasteiger partial charge in [-0.3, -0.25) is 9.88 Å². The number of likely N-dealkylation sites (tertiary alicyclic amines) is 2. The van der Waals surface area contributed by atoms with Crippen molar-refractivity contribution in [3.63, 3.8) is 0 Å². The average molecular weight is 749 g/mol. The molecule has 54 heavy (non-hydrogen) atoms. The third-order valence-corrected chi connectivity index (χ3v) is 11.9. The lowest BCUT2D eigenvalue weighted by molar-refractivity contribution is 0.0192. The van der Waals surface area contributed by atoms with Crippen LogP contribution in [0.1, 0.15) is 78.3 Å². The normalized spacial score (nSPS) is 17.4. The quantitative estimate of drug-likeness (QED) is 0.118. The summed E-state index contributed by atoms with van der Waals surface area (Å²) >= 11 is 6.90. The smallest absolute Gasteiger partial charge is 0.142 e. The van der Waals surface area contributed by atoms with Crippen LogP contribution in [0.5, 0.6) is 17.2 Å². The summed E-state index contributed by atoms with van der Waals surface area (Å²) in [5, 5.41) is 9.91. The first-order valence-electron chi connectivity index (χ1n) is 19.7. The first-order valence-corrected chi connectivity index (χ1v) is 20.0. The zero-order valence-electron chi connectivity index (χ0n) is 31.9. The van der Waals surface area contributed by atoms with Crippen LogP contribution < -0.4 is 14.2 Å². The number of ether oxygens (including phenoxy) is 4. The highest BCUT2D eigenvalue weighted by Crippen LogP contribution is 2.40. The van der Waals surface area contributed by atoms with Gasteiger partial charge in [-0.25, -0.2) is 0 Å². The molecule has 0 atom stereocenters. The van der Waals surface area contributed by atoms with E-state index in [9.17, 15) is 5.26 Å². The van der Waals surface area contributed by atoms with E-state index in [-0.39, 0.29) is 6.61 Å². The lowest BCUT2D eigenvalue weighted by Gasteiger charge is -2.33. The monoisotopic (exact) mass is 748 g/mol. The molecule has 3 fully saturated rings. The van der Waals surface area contributed by atoms with Crippen LogP contribution in [0.15, 0.2) is 67.0 Å².